The van der Waals surface area contributed by atoms with Gasteiger partial charge in [-0.3, -0.25) is 4.90 Å². The monoisotopic (exact) mass is 246 g/mol. The average Bonchev–Trinajstić information content (AvgIpc) is 2.79. The van der Waals surface area contributed by atoms with Crippen molar-refractivity contribution >= 4 is 0 Å². The lowest BCUT2D eigenvalue weighted by atomic mass is 10.0. The number of benzene rings is 1. The summed E-state index contributed by atoms with van der Waals surface area (Å²) in [6.07, 6.45) is 3.92. The van der Waals surface area contributed by atoms with Crippen molar-refractivity contribution in [1.29, 1.82) is 0 Å². The second kappa shape index (κ2) is 5.85. The van der Waals surface area contributed by atoms with Gasteiger partial charge in [-0.05, 0) is 56.3 Å². The van der Waals surface area contributed by atoms with Crippen molar-refractivity contribution in [3.8, 4) is 0 Å². The van der Waals surface area contributed by atoms with Crippen LogP contribution in [0.3, 0.4) is 0 Å². The second-order valence-electron chi connectivity index (χ2n) is 5.65. The van der Waals surface area contributed by atoms with E-state index in [1.807, 2.05) is 0 Å². The highest BCUT2D eigenvalue weighted by Crippen LogP contribution is 2.23. The van der Waals surface area contributed by atoms with Crippen molar-refractivity contribution in [2.24, 2.45) is 5.73 Å². The van der Waals surface area contributed by atoms with Crippen molar-refractivity contribution in [2.75, 3.05) is 13.1 Å². The van der Waals surface area contributed by atoms with Gasteiger partial charge in [0.1, 0.15) is 0 Å². The van der Waals surface area contributed by atoms with E-state index in [9.17, 15) is 0 Å². The van der Waals surface area contributed by atoms with E-state index >= 15 is 0 Å². The summed E-state index contributed by atoms with van der Waals surface area (Å²) in [5.41, 5.74) is 10.3. The van der Waals surface area contributed by atoms with Crippen LogP contribution in [0.25, 0.3) is 0 Å². The fourth-order valence-electron chi connectivity index (χ4n) is 2.95. The van der Waals surface area contributed by atoms with Crippen LogP contribution in [0.1, 0.15) is 48.9 Å². The van der Waals surface area contributed by atoms with Gasteiger partial charge in [-0.25, -0.2) is 0 Å². The molecule has 100 valence electrons. The molecule has 18 heavy (non-hydrogen) atoms. The fourth-order valence-corrected chi connectivity index (χ4v) is 2.95. The zero-order chi connectivity index (χ0) is 13.1. The molecule has 2 atom stereocenters. The lowest BCUT2D eigenvalue weighted by molar-refractivity contribution is 0.234. The van der Waals surface area contributed by atoms with Crippen LogP contribution in [0.5, 0.6) is 0 Å². The molecular formula is C16H26N2. The van der Waals surface area contributed by atoms with E-state index < -0.39 is 0 Å². The van der Waals surface area contributed by atoms with Crippen molar-refractivity contribution in [2.45, 2.75) is 52.1 Å². The van der Waals surface area contributed by atoms with Gasteiger partial charge in [-0.1, -0.05) is 25.1 Å². The normalized spacial score (nSPS) is 22.3. The van der Waals surface area contributed by atoms with E-state index in [1.54, 1.807) is 0 Å². The Balaban J connectivity index is 2.02. The first-order valence-corrected chi connectivity index (χ1v) is 7.18. The standard InChI is InChI=1S/C16H26N2/c1-4-15-6-5-9-18(15)11-16(17)14-8-7-12(2)13(3)10-14/h7-8,10,15-16H,4-6,9,11,17H2,1-3H3. The fraction of sp³-hybridized carbons (Fsp3) is 0.625. The second-order valence-corrected chi connectivity index (χ2v) is 5.65. The molecule has 1 aliphatic heterocycles. The maximum atomic E-state index is 6.37. The quantitative estimate of drug-likeness (QED) is 0.884. The van der Waals surface area contributed by atoms with Gasteiger partial charge in [0.15, 0.2) is 0 Å². The molecule has 0 bridgehead atoms. The molecule has 1 aromatic rings. The summed E-state index contributed by atoms with van der Waals surface area (Å²) in [4.78, 5) is 2.57. The minimum absolute atomic E-state index is 0.149. The lowest BCUT2D eigenvalue weighted by Gasteiger charge is -2.27. The molecule has 2 nitrogen and oxygen atoms in total. The average molecular weight is 246 g/mol. The smallest absolute Gasteiger partial charge is 0.0424 e. The molecule has 1 heterocycles. The highest BCUT2D eigenvalue weighted by atomic mass is 15.2. The predicted molar refractivity (Wildman–Crippen MR) is 77.7 cm³/mol. The Labute approximate surface area is 111 Å². The van der Waals surface area contributed by atoms with Crippen molar-refractivity contribution in [3.63, 3.8) is 0 Å². The summed E-state index contributed by atoms with van der Waals surface area (Å²) in [5, 5.41) is 0. The summed E-state index contributed by atoms with van der Waals surface area (Å²) in [6.45, 7) is 8.82. The summed E-state index contributed by atoms with van der Waals surface area (Å²) >= 11 is 0. The molecule has 0 aliphatic carbocycles. The number of likely N-dealkylation sites (tertiary alicyclic amines) is 1. The Morgan fingerprint density at radius 1 is 1.33 bits per heavy atom. The molecule has 2 heteroatoms. The summed E-state index contributed by atoms with van der Waals surface area (Å²) in [7, 11) is 0. The lowest BCUT2D eigenvalue weighted by Crippen LogP contribution is -2.35. The van der Waals surface area contributed by atoms with Crippen LogP contribution < -0.4 is 5.73 Å². The van der Waals surface area contributed by atoms with Gasteiger partial charge in [0.2, 0.25) is 0 Å². The van der Waals surface area contributed by atoms with E-state index in [2.05, 4.69) is 43.9 Å². The molecular weight excluding hydrogens is 220 g/mol. The minimum Gasteiger partial charge on any atom is -0.323 e. The first-order valence-electron chi connectivity index (χ1n) is 7.18. The summed E-state index contributed by atoms with van der Waals surface area (Å²) in [6, 6.07) is 7.52. The van der Waals surface area contributed by atoms with Crippen LogP contribution in [0.2, 0.25) is 0 Å². The molecule has 1 aromatic carbocycles. The minimum atomic E-state index is 0.149. The highest BCUT2D eigenvalue weighted by Gasteiger charge is 2.24. The van der Waals surface area contributed by atoms with Crippen LogP contribution in [-0.2, 0) is 0 Å². The van der Waals surface area contributed by atoms with E-state index in [4.69, 9.17) is 5.73 Å². The number of rotatable bonds is 4. The summed E-state index contributed by atoms with van der Waals surface area (Å²) < 4.78 is 0. The molecule has 1 saturated heterocycles. The Morgan fingerprint density at radius 3 is 2.78 bits per heavy atom. The highest BCUT2D eigenvalue weighted by molar-refractivity contribution is 5.31. The molecule has 1 aliphatic rings. The zero-order valence-corrected chi connectivity index (χ0v) is 11.9. The molecule has 2 unspecified atom stereocenters. The molecule has 0 radical (unpaired) electrons. The molecule has 0 spiro atoms. The molecule has 0 saturated carbocycles. The van der Waals surface area contributed by atoms with Gasteiger partial charge >= 0.3 is 0 Å². The van der Waals surface area contributed by atoms with E-state index in [1.165, 1.54) is 42.5 Å². The number of nitrogens with two attached hydrogens (primary N) is 1. The number of hydrogen-bond donors (Lipinski definition) is 1. The number of aryl methyl sites for hydroxylation is 2. The first-order chi connectivity index (χ1) is 8.61. The molecule has 0 amide bonds. The molecule has 1 fully saturated rings. The third-order valence-corrected chi connectivity index (χ3v) is 4.36. The van der Waals surface area contributed by atoms with Crippen LogP contribution in [0.15, 0.2) is 18.2 Å². The van der Waals surface area contributed by atoms with E-state index in [-0.39, 0.29) is 6.04 Å². The number of nitrogens with zero attached hydrogens (tertiary/aromatic N) is 1. The van der Waals surface area contributed by atoms with Gasteiger partial charge in [0.05, 0.1) is 0 Å². The van der Waals surface area contributed by atoms with Gasteiger partial charge < -0.3 is 5.73 Å². The Kier molecular flexibility index (Phi) is 4.41. The first kappa shape index (κ1) is 13.6. The van der Waals surface area contributed by atoms with Crippen LogP contribution >= 0.6 is 0 Å². The SMILES string of the molecule is CCC1CCCN1CC(N)c1ccc(C)c(C)c1. The van der Waals surface area contributed by atoms with Crippen molar-refractivity contribution < 1.29 is 0 Å². The van der Waals surface area contributed by atoms with Crippen LogP contribution in [0, 0.1) is 13.8 Å². The van der Waals surface area contributed by atoms with E-state index in [0.29, 0.717) is 0 Å². The third kappa shape index (κ3) is 2.93. The topological polar surface area (TPSA) is 29.3 Å². The summed E-state index contributed by atoms with van der Waals surface area (Å²) in [5.74, 6) is 0. The molecule has 2 N–H and O–H groups in total. The van der Waals surface area contributed by atoms with Gasteiger partial charge in [0.25, 0.3) is 0 Å². The van der Waals surface area contributed by atoms with Crippen LogP contribution in [0.4, 0.5) is 0 Å². The largest absolute Gasteiger partial charge is 0.323 e. The number of hydrogen-bond acceptors (Lipinski definition) is 2. The predicted octanol–water partition coefficient (Wildman–Crippen LogP) is 3.18. The maximum absolute atomic E-state index is 6.37. The molecule has 2 rings (SSSR count). The van der Waals surface area contributed by atoms with Crippen LogP contribution in [-0.4, -0.2) is 24.0 Å². The van der Waals surface area contributed by atoms with Gasteiger partial charge in [0, 0.05) is 18.6 Å². The zero-order valence-electron chi connectivity index (χ0n) is 11.9. The van der Waals surface area contributed by atoms with Gasteiger partial charge in [-0.2, -0.15) is 0 Å². The Morgan fingerprint density at radius 2 is 2.11 bits per heavy atom. The van der Waals surface area contributed by atoms with Gasteiger partial charge in [-0.15, -0.1) is 0 Å². The van der Waals surface area contributed by atoms with E-state index in [0.717, 1.165) is 12.6 Å². The maximum Gasteiger partial charge on any atom is 0.0424 e. The van der Waals surface area contributed by atoms with Crippen molar-refractivity contribution in [1.82, 2.24) is 4.90 Å². The third-order valence-electron chi connectivity index (χ3n) is 4.36. The molecule has 0 aromatic heterocycles. The Hall–Kier alpha value is -0.860. The van der Waals surface area contributed by atoms with Crippen molar-refractivity contribution in [3.05, 3.63) is 34.9 Å². The Bertz CT molecular complexity index is 400.